The Hall–Kier alpha value is -2.00. The minimum Gasteiger partial charge on any atom is -0.490 e. The lowest BCUT2D eigenvalue weighted by Gasteiger charge is -2.31. The highest BCUT2D eigenvalue weighted by Crippen LogP contribution is 2.37. The molecular weight excluding hydrogens is 353 g/mol. The van der Waals surface area contributed by atoms with E-state index in [1.807, 2.05) is 0 Å². The van der Waals surface area contributed by atoms with Crippen LogP contribution in [0.3, 0.4) is 0 Å². The van der Waals surface area contributed by atoms with Crippen molar-refractivity contribution in [3.8, 4) is 5.75 Å². The SMILES string of the molecule is CC(C)(C)OC(=O)NCCN[C@@H]1c2ccc(C(F)(F)F)cc2OC[C@H]1O. The van der Waals surface area contributed by atoms with Gasteiger partial charge in [0.25, 0.3) is 0 Å². The summed E-state index contributed by atoms with van der Waals surface area (Å²) in [5.41, 5.74) is -0.976. The van der Waals surface area contributed by atoms with Gasteiger partial charge < -0.3 is 25.2 Å². The lowest BCUT2D eigenvalue weighted by Crippen LogP contribution is -2.43. The first-order valence-corrected chi connectivity index (χ1v) is 8.19. The Morgan fingerprint density at radius 2 is 2.00 bits per heavy atom. The second-order valence-electron chi connectivity index (χ2n) is 6.99. The van der Waals surface area contributed by atoms with E-state index >= 15 is 0 Å². The molecule has 26 heavy (non-hydrogen) atoms. The third-order valence-corrected chi connectivity index (χ3v) is 3.63. The molecule has 0 saturated heterocycles. The van der Waals surface area contributed by atoms with Gasteiger partial charge in [-0.2, -0.15) is 13.2 Å². The number of rotatable bonds is 4. The highest BCUT2D eigenvalue weighted by atomic mass is 19.4. The summed E-state index contributed by atoms with van der Waals surface area (Å²) in [5, 5.41) is 15.7. The first kappa shape index (κ1) is 20.3. The summed E-state index contributed by atoms with van der Waals surface area (Å²) in [6, 6.07) is 2.57. The number of halogens is 3. The molecule has 6 nitrogen and oxygen atoms in total. The van der Waals surface area contributed by atoms with Gasteiger partial charge in [0.2, 0.25) is 0 Å². The van der Waals surface area contributed by atoms with Crippen LogP contribution in [0.5, 0.6) is 5.75 Å². The summed E-state index contributed by atoms with van der Waals surface area (Å²) in [7, 11) is 0. The monoisotopic (exact) mass is 376 g/mol. The van der Waals surface area contributed by atoms with Crippen molar-refractivity contribution < 1.29 is 32.5 Å². The van der Waals surface area contributed by atoms with Crippen LogP contribution in [0.2, 0.25) is 0 Å². The van der Waals surface area contributed by atoms with Gasteiger partial charge in [0.1, 0.15) is 24.1 Å². The van der Waals surface area contributed by atoms with E-state index in [0.29, 0.717) is 12.1 Å². The van der Waals surface area contributed by atoms with Crippen LogP contribution in [0.4, 0.5) is 18.0 Å². The standard InChI is InChI=1S/C17H23F3N2O4/c1-16(2,3)26-15(24)22-7-6-21-14-11-5-4-10(17(18,19)20)8-13(11)25-9-12(14)23/h4-5,8,12,14,21,23H,6-7,9H2,1-3H3,(H,22,24)/t12-,14-/m1/s1. The summed E-state index contributed by atoms with van der Waals surface area (Å²) in [5.74, 6) is 0.0859. The molecule has 0 saturated carbocycles. The number of alkyl carbamates (subject to hydrolysis) is 1. The number of carbonyl (C=O) groups is 1. The van der Waals surface area contributed by atoms with Crippen LogP contribution in [0.1, 0.15) is 37.9 Å². The molecule has 2 rings (SSSR count). The predicted molar refractivity (Wildman–Crippen MR) is 87.9 cm³/mol. The van der Waals surface area contributed by atoms with Crippen molar-refractivity contribution in [3.05, 3.63) is 29.3 Å². The molecular formula is C17H23F3N2O4. The zero-order chi connectivity index (χ0) is 19.5. The van der Waals surface area contributed by atoms with Crippen LogP contribution in [-0.2, 0) is 10.9 Å². The third kappa shape index (κ3) is 5.50. The van der Waals surface area contributed by atoms with Crippen LogP contribution in [0.15, 0.2) is 18.2 Å². The molecule has 1 aromatic rings. The lowest BCUT2D eigenvalue weighted by molar-refractivity contribution is -0.137. The number of ether oxygens (including phenoxy) is 2. The smallest absolute Gasteiger partial charge is 0.416 e. The molecule has 1 amide bonds. The molecule has 0 fully saturated rings. The summed E-state index contributed by atoms with van der Waals surface area (Å²) in [4.78, 5) is 11.6. The quantitative estimate of drug-likeness (QED) is 0.704. The van der Waals surface area contributed by atoms with Gasteiger partial charge in [-0.3, -0.25) is 0 Å². The Bertz CT molecular complexity index is 644. The number of hydrogen-bond acceptors (Lipinski definition) is 5. The van der Waals surface area contributed by atoms with Crippen LogP contribution in [0, 0.1) is 0 Å². The molecule has 2 atom stereocenters. The van der Waals surface area contributed by atoms with Gasteiger partial charge in [0.15, 0.2) is 0 Å². The Labute approximate surface area is 149 Å². The molecule has 1 heterocycles. The Morgan fingerprint density at radius 1 is 1.31 bits per heavy atom. The summed E-state index contributed by atoms with van der Waals surface area (Å²) >= 11 is 0. The zero-order valence-corrected chi connectivity index (χ0v) is 14.8. The van der Waals surface area contributed by atoms with E-state index in [0.717, 1.165) is 12.1 Å². The number of nitrogens with one attached hydrogen (secondary N) is 2. The van der Waals surface area contributed by atoms with Crippen LogP contribution >= 0.6 is 0 Å². The van der Waals surface area contributed by atoms with Gasteiger partial charge >= 0.3 is 12.3 Å². The first-order valence-electron chi connectivity index (χ1n) is 8.19. The number of carbonyl (C=O) groups excluding carboxylic acids is 1. The van der Waals surface area contributed by atoms with Gasteiger partial charge in [-0.1, -0.05) is 6.07 Å². The van der Waals surface area contributed by atoms with E-state index in [4.69, 9.17) is 9.47 Å². The highest BCUT2D eigenvalue weighted by molar-refractivity contribution is 5.67. The summed E-state index contributed by atoms with van der Waals surface area (Å²) < 4.78 is 48.7. The van der Waals surface area contributed by atoms with Crippen molar-refractivity contribution in [2.45, 2.75) is 44.7 Å². The average molecular weight is 376 g/mol. The molecule has 0 aromatic heterocycles. The van der Waals surface area contributed by atoms with Gasteiger partial charge in [-0.05, 0) is 32.9 Å². The van der Waals surface area contributed by atoms with E-state index < -0.39 is 35.6 Å². The number of alkyl halides is 3. The fourth-order valence-corrected chi connectivity index (χ4v) is 2.52. The Morgan fingerprint density at radius 3 is 2.62 bits per heavy atom. The molecule has 0 unspecified atom stereocenters. The van der Waals surface area contributed by atoms with E-state index in [2.05, 4.69) is 10.6 Å². The number of aliphatic hydroxyl groups excluding tert-OH is 1. The van der Waals surface area contributed by atoms with E-state index in [1.165, 1.54) is 6.07 Å². The molecule has 0 spiro atoms. The molecule has 0 radical (unpaired) electrons. The molecule has 146 valence electrons. The predicted octanol–water partition coefficient (Wildman–Crippen LogP) is 2.61. The fourth-order valence-electron chi connectivity index (χ4n) is 2.52. The number of hydrogen-bond donors (Lipinski definition) is 3. The van der Waals surface area contributed by atoms with Crippen molar-refractivity contribution in [1.29, 1.82) is 0 Å². The maximum absolute atomic E-state index is 12.8. The van der Waals surface area contributed by atoms with Gasteiger partial charge in [0, 0.05) is 18.7 Å². The fraction of sp³-hybridized carbons (Fsp3) is 0.588. The minimum absolute atomic E-state index is 0.0859. The van der Waals surface area contributed by atoms with Crippen LogP contribution in [-0.4, -0.2) is 42.6 Å². The van der Waals surface area contributed by atoms with Gasteiger partial charge in [-0.15, -0.1) is 0 Å². The van der Waals surface area contributed by atoms with Crippen molar-refractivity contribution in [2.24, 2.45) is 0 Å². The average Bonchev–Trinajstić information content (AvgIpc) is 2.50. The first-order chi connectivity index (χ1) is 12.0. The number of fused-ring (bicyclic) bond motifs is 1. The van der Waals surface area contributed by atoms with E-state index in [-0.39, 0.29) is 18.9 Å². The minimum atomic E-state index is -4.46. The van der Waals surface area contributed by atoms with Crippen molar-refractivity contribution in [3.63, 3.8) is 0 Å². The molecule has 9 heteroatoms. The second-order valence-corrected chi connectivity index (χ2v) is 6.99. The molecule has 0 aliphatic carbocycles. The Balaban J connectivity index is 1.95. The van der Waals surface area contributed by atoms with Gasteiger partial charge in [-0.25, -0.2) is 4.79 Å². The van der Waals surface area contributed by atoms with E-state index in [9.17, 15) is 23.1 Å². The van der Waals surface area contributed by atoms with Crippen molar-refractivity contribution in [1.82, 2.24) is 10.6 Å². The molecule has 1 aromatic carbocycles. The van der Waals surface area contributed by atoms with Crippen molar-refractivity contribution >= 4 is 6.09 Å². The van der Waals surface area contributed by atoms with E-state index in [1.54, 1.807) is 20.8 Å². The Kier molecular flexibility index (Phi) is 6.02. The summed E-state index contributed by atoms with van der Waals surface area (Å²) in [6.45, 7) is 5.64. The lowest BCUT2D eigenvalue weighted by atomic mass is 9.96. The third-order valence-electron chi connectivity index (χ3n) is 3.63. The van der Waals surface area contributed by atoms with Crippen LogP contribution in [0.25, 0.3) is 0 Å². The maximum atomic E-state index is 12.8. The van der Waals surface area contributed by atoms with Crippen molar-refractivity contribution in [2.75, 3.05) is 19.7 Å². The molecule has 3 N–H and O–H groups in total. The highest BCUT2D eigenvalue weighted by Gasteiger charge is 2.35. The number of amides is 1. The number of benzene rings is 1. The summed E-state index contributed by atoms with van der Waals surface area (Å²) in [6.07, 6.45) is -5.95. The normalized spacial score (nSPS) is 20.1. The maximum Gasteiger partial charge on any atom is 0.416 e. The second kappa shape index (κ2) is 7.71. The molecule has 0 bridgehead atoms. The molecule has 1 aliphatic heterocycles. The zero-order valence-electron chi connectivity index (χ0n) is 14.8. The van der Waals surface area contributed by atoms with Crippen LogP contribution < -0.4 is 15.4 Å². The largest absolute Gasteiger partial charge is 0.490 e. The molecule has 1 aliphatic rings. The number of aliphatic hydroxyl groups is 1. The topological polar surface area (TPSA) is 79.8 Å². The van der Waals surface area contributed by atoms with Gasteiger partial charge in [0.05, 0.1) is 11.6 Å².